The predicted octanol–water partition coefficient (Wildman–Crippen LogP) is 5.70. The third kappa shape index (κ3) is 8.09. The van der Waals surface area contributed by atoms with Crippen molar-refractivity contribution in [3.05, 3.63) is 89.2 Å². The van der Waals surface area contributed by atoms with E-state index >= 15 is 4.39 Å². The zero-order chi connectivity index (χ0) is 42.4. The number of ether oxygens (including phenoxy) is 1. The molecule has 7 heterocycles. The maximum atomic E-state index is 16.4. The molecule has 3 aromatic heterocycles. The van der Waals surface area contributed by atoms with E-state index in [0.717, 1.165) is 53.7 Å². The van der Waals surface area contributed by atoms with E-state index < -0.39 is 11.7 Å². The average molecular weight is 831 g/mol. The van der Waals surface area contributed by atoms with Gasteiger partial charge in [-0.15, -0.1) is 10.2 Å². The summed E-state index contributed by atoms with van der Waals surface area (Å²) in [6.07, 6.45) is 6.09. The van der Waals surface area contributed by atoms with E-state index in [1.54, 1.807) is 34.2 Å². The second kappa shape index (κ2) is 16.4. The van der Waals surface area contributed by atoms with Crippen LogP contribution in [0.25, 0.3) is 22.3 Å². The van der Waals surface area contributed by atoms with Crippen LogP contribution in [0.5, 0.6) is 5.75 Å². The highest BCUT2D eigenvalue weighted by Crippen LogP contribution is 2.36. The van der Waals surface area contributed by atoms with Gasteiger partial charge in [0.15, 0.2) is 5.82 Å². The number of piperidine rings is 2. The summed E-state index contributed by atoms with van der Waals surface area (Å²) in [6, 6.07) is 16.4. The normalized spacial score (nSPS) is 20.3. The van der Waals surface area contributed by atoms with Gasteiger partial charge in [-0.1, -0.05) is 24.3 Å². The molecular weight excluding hydrogens is 780 g/mol. The molecule has 0 bridgehead atoms. The Kier molecular flexibility index (Phi) is 10.8. The van der Waals surface area contributed by atoms with Crippen LogP contribution in [-0.2, 0) is 9.53 Å². The molecule has 4 fully saturated rings. The zero-order valence-electron chi connectivity index (χ0n) is 34.5. The number of amides is 4. The number of halogens is 1. The van der Waals surface area contributed by atoms with Crippen molar-refractivity contribution >= 4 is 46.1 Å². The van der Waals surface area contributed by atoms with E-state index in [1.165, 1.54) is 0 Å². The van der Waals surface area contributed by atoms with E-state index in [9.17, 15) is 19.5 Å². The Labute approximate surface area is 353 Å². The number of aromatic hydroxyl groups is 1. The van der Waals surface area contributed by atoms with Crippen LogP contribution in [0.3, 0.4) is 0 Å². The smallest absolute Gasteiger partial charge is 0.328 e. The number of nitrogens with one attached hydrogen (secondary N) is 1. The summed E-state index contributed by atoms with van der Waals surface area (Å²) in [5.41, 5.74) is 11.7. The molecule has 9 rings (SSSR count). The van der Waals surface area contributed by atoms with Crippen LogP contribution in [0.4, 0.5) is 26.4 Å². The van der Waals surface area contributed by atoms with Crippen LogP contribution < -0.4 is 20.9 Å². The number of phenols is 1. The number of morpholine rings is 1. The number of imide groups is 1. The predicted molar refractivity (Wildman–Crippen MR) is 229 cm³/mol. The van der Waals surface area contributed by atoms with E-state index in [2.05, 4.69) is 36.1 Å². The number of rotatable bonds is 8. The number of alkyl halides is 1. The molecule has 61 heavy (non-hydrogen) atoms. The number of hydrogen-bond acceptors (Lipinski definition) is 11. The summed E-state index contributed by atoms with van der Waals surface area (Å²) in [5, 5.41) is 22.1. The number of anilines is 3. The van der Waals surface area contributed by atoms with Crippen molar-refractivity contribution in [3.63, 3.8) is 0 Å². The van der Waals surface area contributed by atoms with Gasteiger partial charge in [0.1, 0.15) is 23.2 Å². The number of carbonyl (C=O) groups excluding carboxylic acids is 3. The lowest BCUT2D eigenvalue weighted by Gasteiger charge is -2.41. The molecule has 4 saturated heterocycles. The highest BCUT2D eigenvalue weighted by atomic mass is 19.1. The summed E-state index contributed by atoms with van der Waals surface area (Å²) >= 11 is 0. The number of aromatic nitrogens is 4. The second-order valence-corrected chi connectivity index (χ2v) is 16.9. The minimum absolute atomic E-state index is 0.0882. The Morgan fingerprint density at radius 2 is 1.77 bits per heavy atom. The first-order chi connectivity index (χ1) is 29.4. The number of fused-ring (bicyclic) bond motifs is 1. The molecule has 5 aromatic rings. The van der Waals surface area contributed by atoms with Gasteiger partial charge >= 0.3 is 6.03 Å². The number of nitrogen functional groups attached to an aromatic ring is 1. The fourth-order valence-corrected chi connectivity index (χ4v) is 9.38. The van der Waals surface area contributed by atoms with Gasteiger partial charge in [-0.2, -0.15) is 0 Å². The molecule has 0 unspecified atom stereocenters. The first kappa shape index (κ1) is 40.3. The lowest BCUT2D eigenvalue weighted by molar-refractivity contribution is -0.120. The molecule has 15 nitrogen and oxygen atoms in total. The van der Waals surface area contributed by atoms with Crippen LogP contribution in [0, 0.1) is 13.8 Å². The number of phenolic OH excluding ortho intramolecular Hbond substituents is 1. The van der Waals surface area contributed by atoms with Gasteiger partial charge in [-0.05, 0) is 73.7 Å². The van der Waals surface area contributed by atoms with Gasteiger partial charge < -0.3 is 34.8 Å². The minimum Gasteiger partial charge on any atom is -0.507 e. The van der Waals surface area contributed by atoms with E-state index in [-0.39, 0.29) is 49.0 Å². The van der Waals surface area contributed by atoms with Gasteiger partial charge in [0.05, 0.1) is 29.9 Å². The number of nitrogens with zero attached hydrogens (tertiary/aromatic N) is 8. The Morgan fingerprint density at radius 1 is 0.984 bits per heavy atom. The molecule has 4 amide bonds. The van der Waals surface area contributed by atoms with Gasteiger partial charge in [-0.25, -0.2) is 14.2 Å². The van der Waals surface area contributed by atoms with Crippen molar-refractivity contribution in [2.45, 2.75) is 63.8 Å². The third-order valence-corrected chi connectivity index (χ3v) is 12.9. The summed E-state index contributed by atoms with van der Waals surface area (Å²) in [7, 11) is 0. The van der Waals surface area contributed by atoms with Crippen LogP contribution in [0.15, 0.2) is 67.0 Å². The molecule has 0 spiro atoms. The van der Waals surface area contributed by atoms with Crippen LogP contribution in [-0.4, -0.2) is 117 Å². The molecular formula is C45H51FN10O5. The average Bonchev–Trinajstić information content (AvgIpc) is 3.59. The molecule has 1 atom stereocenters. The number of benzene rings is 2. The second-order valence-electron chi connectivity index (χ2n) is 16.9. The Hall–Kier alpha value is -6.13. The van der Waals surface area contributed by atoms with Crippen molar-refractivity contribution < 1.29 is 28.6 Å². The summed E-state index contributed by atoms with van der Waals surface area (Å²) < 4.78 is 24.8. The Bertz CT molecular complexity index is 2500. The lowest BCUT2D eigenvalue weighted by Crippen LogP contribution is -2.51. The summed E-state index contributed by atoms with van der Waals surface area (Å²) in [5.74, 6) is 0.0433. The molecule has 4 N–H and O–H groups in total. The third-order valence-electron chi connectivity index (χ3n) is 12.9. The summed E-state index contributed by atoms with van der Waals surface area (Å²) in [6.45, 7) is 8.45. The van der Waals surface area contributed by atoms with Crippen molar-refractivity contribution in [3.8, 4) is 17.0 Å². The van der Waals surface area contributed by atoms with E-state index in [1.807, 2.05) is 50.2 Å². The van der Waals surface area contributed by atoms with E-state index in [4.69, 9.17) is 15.5 Å². The Balaban J connectivity index is 0.781. The maximum Gasteiger partial charge on any atom is 0.328 e. The molecule has 16 heteroatoms. The molecule has 0 saturated carbocycles. The standard InChI is InChI=1S/C45H51FN10O5/c1-28-21-30(39-26-54(19-20-61-39)37-23-36(50-51-41(37)47)34-5-3-4-6-38(34)57)7-8-33(28)43(59)53-17-12-45(46,13-18-53)27-52-14-9-31(10-15-52)56-25-29(2)35-22-32(24-48-42(35)56)55-16-11-40(58)49-44(55)60/h3-8,21-25,31,39,57H,9-20,26-27H2,1-2H3,(H2,47,51)(H,49,58,60)/t39-/m1/s1. The number of pyridine rings is 1. The highest BCUT2D eigenvalue weighted by molar-refractivity contribution is 6.06. The Morgan fingerprint density at radius 3 is 2.52 bits per heavy atom. The number of para-hydroxylation sites is 1. The fourth-order valence-electron chi connectivity index (χ4n) is 9.38. The van der Waals surface area contributed by atoms with Crippen LogP contribution in [0.1, 0.15) is 71.3 Å². The molecule has 318 valence electrons. The van der Waals surface area contributed by atoms with Crippen LogP contribution >= 0.6 is 0 Å². The monoisotopic (exact) mass is 830 g/mol. The number of aryl methyl sites for hydroxylation is 2. The topological polar surface area (TPSA) is 175 Å². The SMILES string of the molecule is Cc1cc([C@H]2CN(c3cc(-c4ccccc4O)nnc3N)CCO2)ccc1C(=O)N1CCC(F)(CN2CCC(n3cc(C)c4cc(N5CCC(=O)NC5=O)cnc43)CC2)CC1. The fraction of sp³-hybridized carbons (Fsp3) is 0.422. The summed E-state index contributed by atoms with van der Waals surface area (Å²) in [4.78, 5) is 50.3. The minimum atomic E-state index is -1.37. The molecule has 0 radical (unpaired) electrons. The van der Waals surface area contributed by atoms with Gasteiger partial charge in [0, 0.05) is 100 Å². The highest BCUT2D eigenvalue weighted by Gasteiger charge is 2.39. The number of carbonyl (C=O) groups is 3. The van der Waals surface area contributed by atoms with Crippen molar-refractivity contribution in [1.82, 2.24) is 34.9 Å². The molecule has 0 aliphatic carbocycles. The van der Waals surface area contributed by atoms with Crippen molar-refractivity contribution in [2.75, 3.05) is 74.5 Å². The number of nitrogens with two attached hydrogens (primary N) is 1. The van der Waals surface area contributed by atoms with Gasteiger partial charge in [-0.3, -0.25) is 19.8 Å². The van der Waals surface area contributed by atoms with Crippen LogP contribution in [0.2, 0.25) is 0 Å². The zero-order valence-corrected chi connectivity index (χ0v) is 34.5. The molecule has 4 aliphatic heterocycles. The van der Waals surface area contributed by atoms with Gasteiger partial charge in [0.2, 0.25) is 5.91 Å². The molecule has 2 aromatic carbocycles. The quantitative estimate of drug-likeness (QED) is 0.175. The first-order valence-electron chi connectivity index (χ1n) is 21.1. The lowest BCUT2D eigenvalue weighted by atomic mass is 9.90. The van der Waals surface area contributed by atoms with E-state index in [0.29, 0.717) is 79.9 Å². The van der Waals surface area contributed by atoms with Crippen molar-refractivity contribution in [1.29, 1.82) is 0 Å². The first-order valence-corrected chi connectivity index (χ1v) is 21.1. The number of urea groups is 1. The van der Waals surface area contributed by atoms with Crippen molar-refractivity contribution in [2.24, 2.45) is 0 Å². The number of hydrogen-bond donors (Lipinski definition) is 3. The molecule has 4 aliphatic rings. The largest absolute Gasteiger partial charge is 0.507 e. The maximum absolute atomic E-state index is 16.4. The van der Waals surface area contributed by atoms with Gasteiger partial charge in [0.25, 0.3) is 5.91 Å². The number of likely N-dealkylation sites (tertiary alicyclic amines) is 2.